The van der Waals surface area contributed by atoms with Crippen molar-refractivity contribution in [1.82, 2.24) is 0 Å². The fourth-order valence-electron chi connectivity index (χ4n) is 1.37. The van der Waals surface area contributed by atoms with E-state index in [-0.39, 0.29) is 32.5 Å². The van der Waals surface area contributed by atoms with Gasteiger partial charge in [0.15, 0.2) is 0 Å². The van der Waals surface area contributed by atoms with Gasteiger partial charge in [0.05, 0.1) is 5.92 Å². The lowest BCUT2D eigenvalue weighted by Crippen LogP contribution is -2.21. The minimum absolute atomic E-state index is 0. The maximum absolute atomic E-state index is 10.8. The van der Waals surface area contributed by atoms with Crippen LogP contribution < -0.4 is 5.73 Å². The zero-order chi connectivity index (χ0) is 12.7. The number of hydrogen-bond acceptors (Lipinski definition) is 4. The number of benzene rings is 1. The summed E-state index contributed by atoms with van der Waals surface area (Å²) in [6.45, 7) is 1.58. The summed E-state index contributed by atoms with van der Waals surface area (Å²) in [7, 11) is 0. The van der Waals surface area contributed by atoms with E-state index in [1.807, 2.05) is 30.3 Å². The Bertz CT molecular complexity index is 360. The normalized spacial score (nSPS) is 10.9. The molecule has 0 aliphatic carbocycles. The van der Waals surface area contributed by atoms with Crippen molar-refractivity contribution in [3.8, 4) is 0 Å². The Balaban J connectivity index is 0.00000289. The predicted molar refractivity (Wildman–Crippen MR) is 68.1 cm³/mol. The van der Waals surface area contributed by atoms with Crippen molar-refractivity contribution in [3.63, 3.8) is 0 Å². The van der Waals surface area contributed by atoms with Crippen LogP contribution in [-0.2, 0) is 14.3 Å². The lowest BCUT2D eigenvalue weighted by atomic mass is 10.0. The number of primary amides is 1. The summed E-state index contributed by atoms with van der Waals surface area (Å²) in [5, 5.41) is 0. The molecular formula is C13H19NO4. The monoisotopic (exact) mass is 253 g/mol. The fraction of sp³-hybridized carbons (Fsp3) is 0.385. The smallest absolute Gasteiger partial charge is 0.404 e. The van der Waals surface area contributed by atoms with E-state index in [1.165, 1.54) is 6.92 Å². The minimum Gasteiger partial charge on any atom is -0.465 e. The molecule has 100 valence electrons. The molecule has 0 aliphatic rings. The van der Waals surface area contributed by atoms with Gasteiger partial charge >= 0.3 is 12.1 Å². The van der Waals surface area contributed by atoms with Crippen LogP contribution in [0.1, 0.15) is 25.8 Å². The van der Waals surface area contributed by atoms with E-state index in [0.717, 1.165) is 5.56 Å². The second-order valence-electron chi connectivity index (χ2n) is 3.54. The largest absolute Gasteiger partial charge is 0.465 e. The van der Waals surface area contributed by atoms with Crippen LogP contribution in [0.4, 0.5) is 4.79 Å². The molecule has 1 aromatic rings. The Kier molecular flexibility index (Phi) is 7.19. The number of rotatable bonds is 5. The molecule has 1 amide bonds. The van der Waals surface area contributed by atoms with Gasteiger partial charge in [-0.2, -0.15) is 0 Å². The van der Waals surface area contributed by atoms with Crippen molar-refractivity contribution >= 4 is 12.1 Å². The zero-order valence-electron chi connectivity index (χ0n) is 9.59. The van der Waals surface area contributed by atoms with Gasteiger partial charge in [0.1, 0.15) is 13.2 Å². The Hall–Kier alpha value is -2.04. The van der Waals surface area contributed by atoms with Gasteiger partial charge < -0.3 is 15.2 Å². The van der Waals surface area contributed by atoms with Gasteiger partial charge in [0.25, 0.3) is 0 Å². The van der Waals surface area contributed by atoms with E-state index in [4.69, 9.17) is 15.2 Å². The Labute approximate surface area is 107 Å². The molecule has 1 atom stereocenters. The molecule has 2 N–H and O–H groups in total. The molecule has 0 fully saturated rings. The van der Waals surface area contributed by atoms with Gasteiger partial charge in [-0.1, -0.05) is 37.8 Å². The lowest BCUT2D eigenvalue weighted by Gasteiger charge is -2.16. The zero-order valence-corrected chi connectivity index (χ0v) is 9.59. The highest BCUT2D eigenvalue weighted by molar-refractivity contribution is 5.66. The average molecular weight is 253 g/mol. The summed E-state index contributed by atoms with van der Waals surface area (Å²) >= 11 is 0. The number of nitrogens with two attached hydrogens (primary N) is 1. The van der Waals surface area contributed by atoms with E-state index in [0.29, 0.717) is 0 Å². The third kappa shape index (κ3) is 5.89. The van der Waals surface area contributed by atoms with Crippen LogP contribution in [0.25, 0.3) is 0 Å². The highest BCUT2D eigenvalue weighted by atomic mass is 16.6. The molecule has 5 heteroatoms. The third-order valence-corrected chi connectivity index (χ3v) is 2.19. The Morgan fingerprint density at radius 1 is 1.17 bits per heavy atom. The average Bonchev–Trinajstić information content (AvgIpc) is 2.29. The van der Waals surface area contributed by atoms with Crippen LogP contribution in [0.5, 0.6) is 0 Å². The van der Waals surface area contributed by atoms with Crippen LogP contribution in [0.2, 0.25) is 0 Å². The number of ether oxygens (including phenoxy) is 2. The molecule has 0 aromatic heterocycles. The molecule has 1 aromatic carbocycles. The maximum Gasteiger partial charge on any atom is 0.404 e. The molecule has 0 heterocycles. The van der Waals surface area contributed by atoms with Gasteiger partial charge in [0.2, 0.25) is 0 Å². The first-order valence-electron chi connectivity index (χ1n) is 5.20. The summed E-state index contributed by atoms with van der Waals surface area (Å²) < 4.78 is 9.66. The van der Waals surface area contributed by atoms with Crippen molar-refractivity contribution in [2.75, 3.05) is 13.2 Å². The molecule has 5 nitrogen and oxygen atoms in total. The van der Waals surface area contributed by atoms with Gasteiger partial charge in [0, 0.05) is 6.92 Å². The lowest BCUT2D eigenvalue weighted by molar-refractivity contribution is -0.141. The van der Waals surface area contributed by atoms with Crippen molar-refractivity contribution < 1.29 is 19.1 Å². The van der Waals surface area contributed by atoms with Crippen LogP contribution in [0.15, 0.2) is 30.3 Å². The summed E-state index contributed by atoms with van der Waals surface area (Å²) in [5.41, 5.74) is 5.83. The molecule has 0 saturated heterocycles. The summed E-state index contributed by atoms with van der Waals surface area (Å²) in [6, 6.07) is 9.35. The summed E-state index contributed by atoms with van der Waals surface area (Å²) in [5.74, 6) is -0.572. The van der Waals surface area contributed by atoms with Crippen LogP contribution in [0, 0.1) is 0 Å². The predicted octanol–water partition coefficient (Wildman–Crippen LogP) is 2.06. The van der Waals surface area contributed by atoms with Crippen molar-refractivity contribution in [2.45, 2.75) is 20.3 Å². The van der Waals surface area contributed by atoms with Crippen LogP contribution in [0.3, 0.4) is 0 Å². The van der Waals surface area contributed by atoms with E-state index in [2.05, 4.69) is 0 Å². The van der Waals surface area contributed by atoms with E-state index >= 15 is 0 Å². The van der Waals surface area contributed by atoms with Crippen LogP contribution in [-0.4, -0.2) is 25.3 Å². The van der Waals surface area contributed by atoms with Crippen molar-refractivity contribution in [1.29, 1.82) is 0 Å². The fourth-order valence-corrected chi connectivity index (χ4v) is 1.37. The minimum atomic E-state index is -0.839. The highest BCUT2D eigenvalue weighted by Crippen LogP contribution is 2.16. The molecule has 0 bridgehead atoms. The maximum atomic E-state index is 10.8. The number of esters is 1. The van der Waals surface area contributed by atoms with Gasteiger partial charge in [-0.25, -0.2) is 4.79 Å². The molecule has 1 rings (SSSR count). The summed E-state index contributed by atoms with van der Waals surface area (Å²) in [6.07, 6.45) is -0.839. The van der Waals surface area contributed by atoms with Crippen LogP contribution >= 0.6 is 0 Å². The number of hydrogen-bond donors (Lipinski definition) is 1. The molecule has 0 aliphatic heterocycles. The first-order valence-corrected chi connectivity index (χ1v) is 5.20. The first-order chi connectivity index (χ1) is 8.09. The molecule has 1 unspecified atom stereocenters. The second kappa shape index (κ2) is 8.11. The van der Waals surface area contributed by atoms with Gasteiger partial charge in [-0.15, -0.1) is 0 Å². The van der Waals surface area contributed by atoms with E-state index < -0.39 is 6.09 Å². The Morgan fingerprint density at radius 3 is 2.22 bits per heavy atom. The second-order valence-corrected chi connectivity index (χ2v) is 3.54. The quantitative estimate of drug-likeness (QED) is 0.815. The molecule has 0 radical (unpaired) electrons. The van der Waals surface area contributed by atoms with E-state index in [9.17, 15) is 9.59 Å². The molecule has 0 saturated carbocycles. The van der Waals surface area contributed by atoms with Gasteiger partial charge in [-0.3, -0.25) is 4.79 Å². The van der Waals surface area contributed by atoms with Crippen molar-refractivity contribution in [2.24, 2.45) is 5.73 Å². The first kappa shape index (κ1) is 16.0. The molecule has 0 spiro atoms. The number of carbonyl (C=O) groups is 2. The Morgan fingerprint density at radius 2 is 1.72 bits per heavy atom. The number of carbonyl (C=O) groups excluding carboxylic acids is 2. The summed E-state index contributed by atoms with van der Waals surface area (Å²) in [4.78, 5) is 21.3. The topological polar surface area (TPSA) is 78.6 Å². The molecular weight excluding hydrogens is 234 g/mol. The third-order valence-electron chi connectivity index (χ3n) is 2.19. The van der Waals surface area contributed by atoms with E-state index in [1.54, 1.807) is 0 Å². The van der Waals surface area contributed by atoms with Gasteiger partial charge in [-0.05, 0) is 5.56 Å². The number of amides is 1. The highest BCUT2D eigenvalue weighted by Gasteiger charge is 2.14. The SMILES string of the molecule is C.CC(=O)OCC(COC(N)=O)c1ccccc1. The van der Waals surface area contributed by atoms with Crippen molar-refractivity contribution in [3.05, 3.63) is 35.9 Å². The standard InChI is InChI=1S/C12H15NO4.CH4/c1-9(14)16-7-11(8-17-12(13)15)10-5-3-2-4-6-10;/h2-6,11H,7-8H2,1H3,(H2,13,15);1H4. The molecule has 18 heavy (non-hydrogen) atoms.